The van der Waals surface area contributed by atoms with E-state index in [0.717, 1.165) is 19.3 Å². The number of aliphatic imine (C=N–C) groups is 2. The van der Waals surface area contributed by atoms with Gasteiger partial charge < -0.3 is 11.5 Å². The predicted octanol–water partition coefficient (Wildman–Crippen LogP) is 3.15. The Morgan fingerprint density at radius 3 is 2.48 bits per heavy atom. The minimum atomic E-state index is -0.751. The molecular formula is C15H18BrF2N5. The first kappa shape index (κ1) is 16.2. The second-order valence-corrected chi connectivity index (χ2v) is 6.80. The molecule has 0 saturated heterocycles. The number of benzene rings is 1. The van der Waals surface area contributed by atoms with Crippen molar-refractivity contribution in [3.05, 3.63) is 27.7 Å². The van der Waals surface area contributed by atoms with Gasteiger partial charge in [0.25, 0.3) is 0 Å². The van der Waals surface area contributed by atoms with E-state index in [1.54, 1.807) is 4.90 Å². The van der Waals surface area contributed by atoms with Crippen LogP contribution in [0.1, 0.15) is 37.7 Å². The molecule has 1 fully saturated rings. The molecule has 0 unspecified atom stereocenters. The van der Waals surface area contributed by atoms with Crippen LogP contribution in [0.4, 0.5) is 14.5 Å². The van der Waals surface area contributed by atoms with E-state index in [1.807, 2.05) is 0 Å². The molecule has 2 aliphatic rings. The van der Waals surface area contributed by atoms with Gasteiger partial charge in [0.15, 0.2) is 5.82 Å². The molecule has 1 aliphatic heterocycles. The third kappa shape index (κ3) is 2.58. The summed E-state index contributed by atoms with van der Waals surface area (Å²) in [6.45, 7) is 1.39. The molecule has 1 heterocycles. The summed E-state index contributed by atoms with van der Waals surface area (Å²) in [5.74, 6) is -1.11. The highest BCUT2D eigenvalue weighted by Gasteiger charge is 2.44. The van der Waals surface area contributed by atoms with Gasteiger partial charge in [-0.05, 0) is 54.6 Å². The van der Waals surface area contributed by atoms with E-state index in [1.165, 1.54) is 13.0 Å². The number of halogens is 3. The van der Waals surface area contributed by atoms with Crippen LogP contribution in [0, 0.1) is 18.6 Å². The van der Waals surface area contributed by atoms with E-state index in [-0.39, 0.29) is 27.6 Å². The maximum Gasteiger partial charge on any atom is 0.220 e. The first-order valence-corrected chi connectivity index (χ1v) is 8.29. The molecule has 1 aromatic carbocycles. The Bertz CT molecular complexity index is 710. The van der Waals surface area contributed by atoms with E-state index in [9.17, 15) is 8.78 Å². The normalized spacial score (nSPS) is 20.4. The lowest BCUT2D eigenvalue weighted by Crippen LogP contribution is -2.58. The van der Waals surface area contributed by atoms with Crippen LogP contribution in [-0.2, 0) is 0 Å². The minimum Gasteiger partial charge on any atom is -0.369 e. The second kappa shape index (κ2) is 5.74. The Kier molecular flexibility index (Phi) is 4.03. The Morgan fingerprint density at radius 2 is 1.83 bits per heavy atom. The van der Waals surface area contributed by atoms with Gasteiger partial charge in [0.1, 0.15) is 11.5 Å². The molecule has 0 radical (unpaired) electrons. The summed E-state index contributed by atoms with van der Waals surface area (Å²) in [5.41, 5.74) is 11.2. The van der Waals surface area contributed by atoms with Gasteiger partial charge in [-0.1, -0.05) is 6.42 Å². The highest BCUT2D eigenvalue weighted by atomic mass is 79.9. The van der Waals surface area contributed by atoms with Crippen LogP contribution in [0.15, 0.2) is 20.5 Å². The maximum absolute atomic E-state index is 14.7. The number of hydrogen-bond donors (Lipinski definition) is 2. The van der Waals surface area contributed by atoms with E-state index >= 15 is 0 Å². The maximum atomic E-state index is 14.7. The van der Waals surface area contributed by atoms with E-state index in [2.05, 4.69) is 25.9 Å². The quantitative estimate of drug-likeness (QED) is 0.728. The summed E-state index contributed by atoms with van der Waals surface area (Å²) in [7, 11) is 0. The van der Waals surface area contributed by atoms with Crippen molar-refractivity contribution in [2.75, 3.05) is 4.90 Å². The minimum absolute atomic E-state index is 0.0735. The fraction of sp³-hybridized carbons (Fsp3) is 0.467. The second-order valence-electron chi connectivity index (χ2n) is 5.95. The van der Waals surface area contributed by atoms with Crippen LogP contribution >= 0.6 is 15.9 Å². The van der Waals surface area contributed by atoms with Crippen LogP contribution in [-0.4, -0.2) is 17.6 Å². The Morgan fingerprint density at radius 1 is 1.17 bits per heavy atom. The van der Waals surface area contributed by atoms with Crippen molar-refractivity contribution < 1.29 is 8.78 Å². The lowest BCUT2D eigenvalue weighted by atomic mass is 9.87. The average molecular weight is 386 g/mol. The van der Waals surface area contributed by atoms with Gasteiger partial charge in [-0.15, -0.1) is 0 Å². The van der Waals surface area contributed by atoms with Crippen LogP contribution in [0.3, 0.4) is 0 Å². The lowest BCUT2D eigenvalue weighted by molar-refractivity contribution is 0.303. The van der Waals surface area contributed by atoms with Crippen LogP contribution < -0.4 is 16.4 Å². The summed E-state index contributed by atoms with van der Waals surface area (Å²) < 4.78 is 28.8. The Balaban J connectivity index is 2.18. The van der Waals surface area contributed by atoms with Gasteiger partial charge in [0, 0.05) is 5.56 Å². The van der Waals surface area contributed by atoms with Gasteiger partial charge in [-0.3, -0.25) is 4.90 Å². The fourth-order valence-corrected chi connectivity index (χ4v) is 3.86. The predicted molar refractivity (Wildman–Crippen MR) is 90.3 cm³/mol. The van der Waals surface area contributed by atoms with Crippen molar-refractivity contribution >= 4 is 33.5 Å². The van der Waals surface area contributed by atoms with Crippen LogP contribution in [0.2, 0.25) is 0 Å². The standard InChI is InChI=1S/C15H18BrF2N5/c1-8-11(17)9(16)7-10(12(8)18)23-14(20)21-13(19)22-15(23)5-3-2-4-6-15/h7H,2-6H2,1H3,(H4,19,20,21,22). The molecule has 1 saturated carbocycles. The number of nitrogens with two attached hydrogens (primary N) is 2. The van der Waals surface area contributed by atoms with Crippen LogP contribution in [0.5, 0.6) is 0 Å². The highest BCUT2D eigenvalue weighted by Crippen LogP contribution is 2.42. The van der Waals surface area contributed by atoms with Gasteiger partial charge >= 0.3 is 0 Å². The number of rotatable bonds is 1. The van der Waals surface area contributed by atoms with Crippen molar-refractivity contribution in [3.63, 3.8) is 0 Å². The van der Waals surface area contributed by atoms with Crippen molar-refractivity contribution in [2.24, 2.45) is 21.5 Å². The molecule has 0 atom stereocenters. The molecule has 3 rings (SSSR count). The van der Waals surface area contributed by atoms with Crippen molar-refractivity contribution in [3.8, 4) is 0 Å². The summed E-state index contributed by atoms with van der Waals surface area (Å²) in [6.07, 6.45) is 4.33. The molecule has 0 aromatic heterocycles. The summed E-state index contributed by atoms with van der Waals surface area (Å²) in [4.78, 5) is 10.0. The Labute approximate surface area is 141 Å². The smallest absolute Gasteiger partial charge is 0.220 e. The highest BCUT2D eigenvalue weighted by molar-refractivity contribution is 9.10. The zero-order valence-electron chi connectivity index (χ0n) is 12.7. The first-order valence-electron chi connectivity index (χ1n) is 7.49. The fourth-order valence-electron chi connectivity index (χ4n) is 3.35. The zero-order valence-corrected chi connectivity index (χ0v) is 14.3. The first-order chi connectivity index (χ1) is 10.9. The number of guanidine groups is 2. The van der Waals surface area contributed by atoms with E-state index in [0.29, 0.717) is 12.8 Å². The molecule has 1 aliphatic carbocycles. The number of nitrogens with zero attached hydrogens (tertiary/aromatic N) is 3. The van der Waals surface area contributed by atoms with Gasteiger partial charge in [0.05, 0.1) is 10.2 Å². The molecular weight excluding hydrogens is 368 g/mol. The molecule has 0 bridgehead atoms. The number of hydrogen-bond acceptors (Lipinski definition) is 5. The molecule has 8 heteroatoms. The van der Waals surface area contributed by atoms with Crippen molar-refractivity contribution in [2.45, 2.75) is 44.7 Å². The molecule has 5 nitrogen and oxygen atoms in total. The van der Waals surface area contributed by atoms with Gasteiger partial charge in [0.2, 0.25) is 11.9 Å². The monoisotopic (exact) mass is 385 g/mol. The molecule has 1 spiro atoms. The molecule has 4 N–H and O–H groups in total. The largest absolute Gasteiger partial charge is 0.369 e. The van der Waals surface area contributed by atoms with Crippen molar-refractivity contribution in [1.82, 2.24) is 0 Å². The van der Waals surface area contributed by atoms with Gasteiger partial charge in [-0.25, -0.2) is 13.8 Å². The lowest BCUT2D eigenvalue weighted by Gasteiger charge is -2.45. The van der Waals surface area contributed by atoms with E-state index < -0.39 is 17.3 Å². The summed E-state index contributed by atoms with van der Waals surface area (Å²) >= 11 is 3.13. The molecule has 124 valence electrons. The average Bonchev–Trinajstić information content (AvgIpc) is 2.50. The Hall–Kier alpha value is -1.70. The summed E-state index contributed by atoms with van der Waals surface area (Å²) in [5, 5.41) is 0. The van der Waals surface area contributed by atoms with E-state index in [4.69, 9.17) is 11.5 Å². The van der Waals surface area contributed by atoms with Crippen molar-refractivity contribution in [1.29, 1.82) is 0 Å². The third-order valence-corrected chi connectivity index (χ3v) is 5.03. The van der Waals surface area contributed by atoms with Crippen LogP contribution in [0.25, 0.3) is 0 Å². The number of anilines is 1. The topological polar surface area (TPSA) is 80.0 Å². The van der Waals surface area contributed by atoms with Gasteiger partial charge in [-0.2, -0.15) is 4.99 Å². The molecule has 1 aromatic rings. The SMILES string of the molecule is Cc1c(F)c(Br)cc(N2C(N)=NC(N)=NC23CCCCC3)c1F. The molecule has 23 heavy (non-hydrogen) atoms. The summed E-state index contributed by atoms with van der Waals surface area (Å²) in [6, 6.07) is 1.38. The zero-order chi connectivity index (χ0) is 16.8. The molecule has 0 amide bonds. The third-order valence-electron chi connectivity index (χ3n) is 4.45.